The zero-order valence-electron chi connectivity index (χ0n) is 13.9. The van der Waals surface area contributed by atoms with Gasteiger partial charge in [-0.2, -0.15) is 0 Å². The molecule has 3 rings (SSSR count). The van der Waals surface area contributed by atoms with E-state index in [1.165, 1.54) is 12.1 Å². The number of aromatic nitrogens is 2. The molecule has 1 fully saturated rings. The fourth-order valence-corrected chi connectivity index (χ4v) is 3.20. The maximum absolute atomic E-state index is 13.0. The van der Waals surface area contributed by atoms with E-state index in [1.54, 1.807) is 12.4 Å². The number of nitrogens with zero attached hydrogens (tertiary/aromatic N) is 3. The number of amides is 1. The smallest absolute Gasteiger partial charge is 0.256 e. The first-order chi connectivity index (χ1) is 11.7. The molecule has 0 saturated carbocycles. The number of carbonyl (C=O) groups is 1. The first-order valence-corrected chi connectivity index (χ1v) is 8.50. The van der Waals surface area contributed by atoms with Gasteiger partial charge in [0.05, 0.1) is 5.56 Å². The third-order valence-electron chi connectivity index (χ3n) is 4.51. The summed E-state index contributed by atoms with van der Waals surface area (Å²) in [5, 5.41) is 0. The number of piperidine rings is 1. The van der Waals surface area contributed by atoms with E-state index in [0.717, 1.165) is 50.2 Å². The average molecular weight is 327 g/mol. The van der Waals surface area contributed by atoms with Crippen LogP contribution in [-0.4, -0.2) is 33.9 Å². The number of benzene rings is 1. The van der Waals surface area contributed by atoms with Crippen molar-refractivity contribution in [2.45, 2.75) is 32.6 Å². The van der Waals surface area contributed by atoms with Gasteiger partial charge in [0.2, 0.25) is 0 Å². The van der Waals surface area contributed by atoms with Crippen LogP contribution in [0.25, 0.3) is 0 Å². The molecule has 0 aliphatic carbocycles. The lowest BCUT2D eigenvalue weighted by molar-refractivity contribution is 0.0672. The summed E-state index contributed by atoms with van der Waals surface area (Å²) in [4.78, 5) is 23.0. The minimum atomic E-state index is -0.213. The molecule has 126 valence electrons. The highest BCUT2D eigenvalue weighted by Crippen LogP contribution is 2.22. The normalized spacial score (nSPS) is 17.8. The molecule has 0 N–H and O–H groups in total. The molecule has 0 bridgehead atoms. The number of aryl methyl sites for hydroxylation is 1. The van der Waals surface area contributed by atoms with Crippen molar-refractivity contribution in [2.75, 3.05) is 13.1 Å². The Morgan fingerprint density at radius 1 is 1.25 bits per heavy atom. The van der Waals surface area contributed by atoms with E-state index in [0.29, 0.717) is 11.5 Å². The van der Waals surface area contributed by atoms with Crippen molar-refractivity contribution in [2.24, 2.45) is 5.92 Å². The Kier molecular flexibility index (Phi) is 5.18. The third kappa shape index (κ3) is 3.96. The molecule has 5 heteroatoms. The number of carbonyl (C=O) groups excluding carboxylic acids is 1. The van der Waals surface area contributed by atoms with Crippen molar-refractivity contribution in [3.8, 4) is 0 Å². The zero-order chi connectivity index (χ0) is 16.9. The van der Waals surface area contributed by atoms with Gasteiger partial charge in [-0.1, -0.05) is 19.1 Å². The van der Waals surface area contributed by atoms with Crippen LogP contribution in [0.5, 0.6) is 0 Å². The molecule has 1 unspecified atom stereocenters. The van der Waals surface area contributed by atoms with Crippen molar-refractivity contribution in [3.63, 3.8) is 0 Å². The summed E-state index contributed by atoms with van der Waals surface area (Å²) in [5.74, 6) is 0.944. The van der Waals surface area contributed by atoms with E-state index >= 15 is 0 Å². The van der Waals surface area contributed by atoms with Crippen LogP contribution >= 0.6 is 0 Å². The number of likely N-dealkylation sites (tertiary alicyclic amines) is 1. The van der Waals surface area contributed by atoms with Crippen LogP contribution in [0, 0.1) is 11.7 Å². The van der Waals surface area contributed by atoms with E-state index in [2.05, 4.69) is 9.97 Å². The first-order valence-electron chi connectivity index (χ1n) is 8.50. The highest BCUT2D eigenvalue weighted by atomic mass is 19.1. The summed E-state index contributed by atoms with van der Waals surface area (Å²) in [5.41, 5.74) is 1.67. The number of hydrogen-bond acceptors (Lipinski definition) is 3. The summed E-state index contributed by atoms with van der Waals surface area (Å²) < 4.78 is 13.0. The van der Waals surface area contributed by atoms with Crippen LogP contribution in [0.4, 0.5) is 4.39 Å². The Labute approximate surface area is 141 Å². The van der Waals surface area contributed by atoms with Crippen molar-refractivity contribution in [3.05, 3.63) is 59.4 Å². The molecule has 0 spiro atoms. The number of hydrogen-bond donors (Lipinski definition) is 0. The van der Waals surface area contributed by atoms with Crippen LogP contribution in [0.3, 0.4) is 0 Å². The molecule has 1 aliphatic rings. The van der Waals surface area contributed by atoms with E-state index in [9.17, 15) is 9.18 Å². The second-order valence-electron chi connectivity index (χ2n) is 6.33. The van der Waals surface area contributed by atoms with Crippen molar-refractivity contribution in [1.82, 2.24) is 14.9 Å². The molecule has 1 atom stereocenters. The maximum Gasteiger partial charge on any atom is 0.256 e. The molecule has 4 nitrogen and oxygen atoms in total. The predicted molar refractivity (Wildman–Crippen MR) is 90.1 cm³/mol. The second-order valence-corrected chi connectivity index (χ2v) is 6.33. The minimum absolute atomic E-state index is 0.00135. The Bertz CT molecular complexity index is 685. The Morgan fingerprint density at radius 3 is 2.62 bits per heavy atom. The largest absolute Gasteiger partial charge is 0.338 e. The van der Waals surface area contributed by atoms with Crippen LogP contribution in [-0.2, 0) is 12.8 Å². The first kappa shape index (κ1) is 16.6. The molecule has 2 heterocycles. The summed E-state index contributed by atoms with van der Waals surface area (Å²) >= 11 is 0. The molecule has 1 aliphatic heterocycles. The maximum atomic E-state index is 13.0. The van der Waals surface area contributed by atoms with Gasteiger partial charge in [0, 0.05) is 31.9 Å². The minimum Gasteiger partial charge on any atom is -0.338 e. The Balaban J connectivity index is 1.63. The average Bonchev–Trinajstić information content (AvgIpc) is 2.63. The van der Waals surface area contributed by atoms with Gasteiger partial charge in [0.15, 0.2) is 0 Å². The van der Waals surface area contributed by atoms with E-state index in [4.69, 9.17) is 0 Å². The number of halogens is 1. The quantitative estimate of drug-likeness (QED) is 0.866. The highest BCUT2D eigenvalue weighted by molar-refractivity contribution is 5.93. The van der Waals surface area contributed by atoms with Crippen LogP contribution in [0.1, 0.15) is 41.5 Å². The monoisotopic (exact) mass is 327 g/mol. The molecular weight excluding hydrogens is 305 g/mol. The summed E-state index contributed by atoms with van der Waals surface area (Å²) in [6.45, 7) is 3.49. The summed E-state index contributed by atoms with van der Waals surface area (Å²) in [6.07, 6.45) is 6.96. The topological polar surface area (TPSA) is 46.1 Å². The Morgan fingerprint density at radius 2 is 1.96 bits per heavy atom. The van der Waals surface area contributed by atoms with E-state index in [-0.39, 0.29) is 11.7 Å². The second kappa shape index (κ2) is 7.51. The van der Waals surface area contributed by atoms with Gasteiger partial charge >= 0.3 is 0 Å². The van der Waals surface area contributed by atoms with Gasteiger partial charge in [-0.15, -0.1) is 0 Å². The van der Waals surface area contributed by atoms with Gasteiger partial charge in [-0.25, -0.2) is 14.4 Å². The SMILES string of the molecule is CCc1ncc(C(=O)N2CCCC(Cc3ccc(F)cc3)C2)cn1. The number of rotatable bonds is 4. The lowest BCUT2D eigenvalue weighted by Crippen LogP contribution is -2.40. The fraction of sp³-hybridized carbons (Fsp3) is 0.421. The molecule has 1 saturated heterocycles. The molecule has 24 heavy (non-hydrogen) atoms. The van der Waals surface area contributed by atoms with Crippen molar-refractivity contribution < 1.29 is 9.18 Å². The molecule has 1 aromatic heterocycles. The summed E-state index contributed by atoms with van der Waals surface area (Å²) in [6, 6.07) is 6.64. The van der Waals surface area contributed by atoms with E-state index < -0.39 is 0 Å². The van der Waals surface area contributed by atoms with Crippen molar-refractivity contribution >= 4 is 5.91 Å². The zero-order valence-corrected chi connectivity index (χ0v) is 13.9. The van der Waals surface area contributed by atoms with Gasteiger partial charge in [-0.05, 0) is 42.9 Å². The van der Waals surface area contributed by atoms with Crippen LogP contribution < -0.4 is 0 Å². The fourth-order valence-electron chi connectivity index (χ4n) is 3.20. The third-order valence-corrected chi connectivity index (χ3v) is 4.51. The lowest BCUT2D eigenvalue weighted by atomic mass is 9.91. The highest BCUT2D eigenvalue weighted by Gasteiger charge is 2.25. The predicted octanol–water partition coefficient (Wildman–Crippen LogP) is 3.27. The van der Waals surface area contributed by atoms with Crippen molar-refractivity contribution in [1.29, 1.82) is 0 Å². The Hall–Kier alpha value is -2.30. The lowest BCUT2D eigenvalue weighted by Gasteiger charge is -2.33. The van der Waals surface area contributed by atoms with Gasteiger partial charge in [0.25, 0.3) is 5.91 Å². The van der Waals surface area contributed by atoms with E-state index in [1.807, 2.05) is 24.0 Å². The molecule has 1 aromatic carbocycles. The summed E-state index contributed by atoms with van der Waals surface area (Å²) in [7, 11) is 0. The van der Waals surface area contributed by atoms with Gasteiger partial charge in [0.1, 0.15) is 11.6 Å². The molecule has 0 radical (unpaired) electrons. The molecular formula is C19H22FN3O. The van der Waals surface area contributed by atoms with Gasteiger partial charge in [-0.3, -0.25) is 4.79 Å². The molecule has 2 aromatic rings. The standard InChI is InChI=1S/C19H22FN3O/c1-2-18-21-11-16(12-22-18)19(24)23-9-3-4-15(13-23)10-14-5-7-17(20)8-6-14/h5-8,11-12,15H,2-4,9-10,13H2,1H3. The molecule has 1 amide bonds. The van der Waals surface area contributed by atoms with Crippen LogP contribution in [0.15, 0.2) is 36.7 Å². The van der Waals surface area contributed by atoms with Gasteiger partial charge < -0.3 is 4.90 Å². The van der Waals surface area contributed by atoms with Crippen LogP contribution in [0.2, 0.25) is 0 Å².